The smallest absolute Gasteiger partial charge is 0.119 e. The quantitative estimate of drug-likeness (QED) is 0.796. The molecule has 5 heteroatoms. The molecule has 0 aliphatic rings. The highest BCUT2D eigenvalue weighted by Crippen LogP contribution is 2.18. The molecule has 0 saturated carbocycles. The lowest BCUT2D eigenvalue weighted by molar-refractivity contribution is 0.126. The van der Waals surface area contributed by atoms with E-state index in [0.717, 1.165) is 17.2 Å². The summed E-state index contributed by atoms with van der Waals surface area (Å²) < 4.78 is 5.56. The summed E-state index contributed by atoms with van der Waals surface area (Å²) in [5.41, 5.74) is 1.83. The number of aliphatic hydroxyl groups is 1. The van der Waals surface area contributed by atoms with Crippen molar-refractivity contribution < 1.29 is 9.84 Å². The monoisotopic (exact) mass is 314 g/mol. The van der Waals surface area contributed by atoms with Crippen LogP contribution in [0.5, 0.6) is 5.75 Å². The summed E-state index contributed by atoms with van der Waals surface area (Å²) in [6, 6.07) is 13.3. The first-order chi connectivity index (χ1) is 10.7. The van der Waals surface area contributed by atoms with Crippen LogP contribution >= 0.6 is 11.8 Å². The molecule has 4 nitrogen and oxygen atoms in total. The zero-order chi connectivity index (χ0) is 15.8. The molecule has 1 aromatic carbocycles. The molecular weight excluding hydrogens is 296 g/mol. The Labute approximate surface area is 134 Å². The molecule has 0 bridgehead atoms. The summed E-state index contributed by atoms with van der Waals surface area (Å²) >= 11 is 1.41. The number of benzene rings is 1. The molecule has 0 aliphatic carbocycles. The van der Waals surface area contributed by atoms with Gasteiger partial charge in [-0.25, -0.2) is 4.98 Å². The number of rotatable bonds is 7. The van der Waals surface area contributed by atoms with Crippen LogP contribution < -0.4 is 4.74 Å². The Kier molecular flexibility index (Phi) is 6.26. The zero-order valence-electron chi connectivity index (χ0n) is 12.4. The lowest BCUT2D eigenvalue weighted by Crippen LogP contribution is -2.20. The van der Waals surface area contributed by atoms with Gasteiger partial charge in [0.15, 0.2) is 0 Å². The molecule has 1 N–H and O–H groups in total. The molecular formula is C17H18N2O2S. The molecule has 2 aromatic rings. The number of ether oxygens (including phenoxy) is 1. The molecule has 0 amide bonds. The highest BCUT2D eigenvalue weighted by molar-refractivity contribution is 7.99. The number of pyridine rings is 1. The predicted octanol–water partition coefficient (Wildman–Crippen LogP) is 3.05. The Morgan fingerprint density at radius 3 is 2.77 bits per heavy atom. The minimum absolute atomic E-state index is 0.233. The summed E-state index contributed by atoms with van der Waals surface area (Å²) in [5, 5.41) is 19.5. The minimum atomic E-state index is -0.594. The van der Waals surface area contributed by atoms with Crippen molar-refractivity contribution in [3.05, 3.63) is 53.7 Å². The molecule has 2 rings (SSSR count). The summed E-state index contributed by atoms with van der Waals surface area (Å²) in [4.78, 5) is 4.16. The van der Waals surface area contributed by atoms with Crippen molar-refractivity contribution in [1.82, 2.24) is 4.98 Å². The third kappa shape index (κ3) is 5.06. The maximum Gasteiger partial charge on any atom is 0.119 e. The van der Waals surface area contributed by atoms with Crippen LogP contribution in [0.1, 0.15) is 18.1 Å². The average molecular weight is 314 g/mol. The number of thioether (sulfide) groups is 1. The number of hydrogen-bond donors (Lipinski definition) is 1. The van der Waals surface area contributed by atoms with E-state index in [0.29, 0.717) is 11.3 Å². The van der Waals surface area contributed by atoms with E-state index in [4.69, 9.17) is 10.00 Å². The summed E-state index contributed by atoms with van der Waals surface area (Å²) in [5.74, 6) is 1.22. The third-order valence-corrected chi connectivity index (χ3v) is 4.13. The first-order valence-corrected chi connectivity index (χ1v) is 8.08. The van der Waals surface area contributed by atoms with Crippen molar-refractivity contribution in [2.75, 3.05) is 12.4 Å². The van der Waals surface area contributed by atoms with Gasteiger partial charge >= 0.3 is 0 Å². The Balaban J connectivity index is 1.77. The lowest BCUT2D eigenvalue weighted by atomic mass is 10.2. The van der Waals surface area contributed by atoms with Gasteiger partial charge in [0.1, 0.15) is 12.4 Å². The van der Waals surface area contributed by atoms with Crippen LogP contribution in [0.4, 0.5) is 0 Å². The average Bonchev–Trinajstić information content (AvgIpc) is 2.58. The molecule has 1 atom stereocenters. The molecule has 1 heterocycles. The van der Waals surface area contributed by atoms with Crippen molar-refractivity contribution >= 4 is 11.8 Å². The molecule has 0 saturated heterocycles. The topological polar surface area (TPSA) is 66.1 Å². The van der Waals surface area contributed by atoms with Crippen LogP contribution in [-0.2, 0) is 6.42 Å². The number of aliphatic hydroxyl groups excluding tert-OH is 1. The van der Waals surface area contributed by atoms with E-state index >= 15 is 0 Å². The van der Waals surface area contributed by atoms with E-state index in [9.17, 15) is 5.11 Å². The molecule has 22 heavy (non-hydrogen) atoms. The van der Waals surface area contributed by atoms with Crippen molar-refractivity contribution in [3.63, 3.8) is 0 Å². The van der Waals surface area contributed by atoms with Gasteiger partial charge in [0.05, 0.1) is 22.8 Å². The van der Waals surface area contributed by atoms with Gasteiger partial charge in [-0.05, 0) is 36.2 Å². The Morgan fingerprint density at radius 1 is 1.32 bits per heavy atom. The molecule has 0 radical (unpaired) electrons. The van der Waals surface area contributed by atoms with Gasteiger partial charge in [0.25, 0.3) is 0 Å². The van der Waals surface area contributed by atoms with Crippen LogP contribution in [0.15, 0.2) is 47.6 Å². The predicted molar refractivity (Wildman–Crippen MR) is 87.0 cm³/mol. The van der Waals surface area contributed by atoms with E-state index in [-0.39, 0.29) is 6.61 Å². The number of aromatic nitrogens is 1. The fourth-order valence-corrected chi connectivity index (χ4v) is 2.61. The molecule has 0 aliphatic heterocycles. The molecule has 1 aromatic heterocycles. The molecule has 0 fully saturated rings. The van der Waals surface area contributed by atoms with Gasteiger partial charge in [-0.1, -0.05) is 19.1 Å². The van der Waals surface area contributed by atoms with Crippen LogP contribution in [0.2, 0.25) is 0 Å². The normalized spacial score (nSPS) is 11.7. The summed E-state index contributed by atoms with van der Waals surface area (Å²) in [7, 11) is 0. The zero-order valence-corrected chi connectivity index (χ0v) is 13.2. The molecule has 114 valence electrons. The van der Waals surface area contributed by atoms with E-state index in [1.165, 1.54) is 17.3 Å². The third-order valence-electron chi connectivity index (χ3n) is 3.06. The van der Waals surface area contributed by atoms with Gasteiger partial charge in [-0.2, -0.15) is 5.26 Å². The van der Waals surface area contributed by atoms with E-state index in [1.54, 1.807) is 18.3 Å². The van der Waals surface area contributed by atoms with Gasteiger partial charge in [0.2, 0.25) is 0 Å². The van der Waals surface area contributed by atoms with E-state index in [1.807, 2.05) is 24.3 Å². The second kappa shape index (κ2) is 8.42. The van der Waals surface area contributed by atoms with Crippen LogP contribution in [-0.4, -0.2) is 28.6 Å². The van der Waals surface area contributed by atoms with Crippen LogP contribution in [0.25, 0.3) is 0 Å². The lowest BCUT2D eigenvalue weighted by Gasteiger charge is -2.12. The van der Waals surface area contributed by atoms with Crippen molar-refractivity contribution in [2.24, 2.45) is 0 Å². The van der Waals surface area contributed by atoms with Crippen molar-refractivity contribution in [2.45, 2.75) is 24.5 Å². The summed E-state index contributed by atoms with van der Waals surface area (Å²) in [6.45, 7) is 2.34. The van der Waals surface area contributed by atoms with Gasteiger partial charge < -0.3 is 9.84 Å². The van der Waals surface area contributed by atoms with Gasteiger partial charge in [0, 0.05) is 11.9 Å². The van der Waals surface area contributed by atoms with Crippen LogP contribution in [0, 0.1) is 11.3 Å². The SMILES string of the molecule is CCc1ccc(OCC(O)CSc2cc(C#N)ccn2)cc1. The fourth-order valence-electron chi connectivity index (χ4n) is 1.80. The first kappa shape index (κ1) is 16.3. The second-order valence-corrected chi connectivity index (χ2v) is 5.81. The van der Waals surface area contributed by atoms with Gasteiger partial charge in [-0.3, -0.25) is 0 Å². The Morgan fingerprint density at radius 2 is 2.09 bits per heavy atom. The highest BCUT2D eigenvalue weighted by Gasteiger charge is 2.07. The first-order valence-electron chi connectivity index (χ1n) is 7.10. The Bertz CT molecular complexity index is 638. The van der Waals surface area contributed by atoms with E-state index < -0.39 is 6.10 Å². The maximum atomic E-state index is 9.96. The van der Waals surface area contributed by atoms with Crippen molar-refractivity contribution in [1.29, 1.82) is 5.26 Å². The largest absolute Gasteiger partial charge is 0.491 e. The number of nitriles is 1. The number of hydrogen-bond acceptors (Lipinski definition) is 5. The highest BCUT2D eigenvalue weighted by atomic mass is 32.2. The van der Waals surface area contributed by atoms with E-state index in [2.05, 4.69) is 18.0 Å². The standard InChI is InChI=1S/C17H18N2O2S/c1-2-13-3-5-16(6-4-13)21-11-15(20)12-22-17-9-14(10-18)7-8-19-17/h3-9,15,20H,2,11-12H2,1H3. The number of aryl methyl sites for hydroxylation is 1. The molecule has 1 unspecified atom stereocenters. The van der Waals surface area contributed by atoms with Crippen LogP contribution in [0.3, 0.4) is 0 Å². The fraction of sp³-hybridized carbons (Fsp3) is 0.294. The Hall–Kier alpha value is -2.03. The van der Waals surface area contributed by atoms with Crippen molar-refractivity contribution in [3.8, 4) is 11.8 Å². The minimum Gasteiger partial charge on any atom is -0.491 e. The maximum absolute atomic E-state index is 9.96. The van der Waals surface area contributed by atoms with Gasteiger partial charge in [-0.15, -0.1) is 11.8 Å². The molecule has 0 spiro atoms. The summed E-state index contributed by atoms with van der Waals surface area (Å²) in [6.07, 6.45) is 2.00. The second-order valence-electron chi connectivity index (χ2n) is 4.77. The number of nitrogens with zero attached hydrogens (tertiary/aromatic N) is 2.